The molecule has 13 heavy (non-hydrogen) atoms. The number of guanidine groups is 2. The second-order valence-corrected chi connectivity index (χ2v) is 3.27. The fraction of sp³-hybridized carbons (Fsp3) is 0.750. The van der Waals surface area contributed by atoms with Crippen molar-refractivity contribution in [3.05, 3.63) is 0 Å². The van der Waals surface area contributed by atoms with E-state index in [1.165, 1.54) is 0 Å². The van der Waals surface area contributed by atoms with Crippen LogP contribution < -0.4 is 11.1 Å². The summed E-state index contributed by atoms with van der Waals surface area (Å²) < 4.78 is 0. The van der Waals surface area contributed by atoms with Gasteiger partial charge in [-0.25, -0.2) is 4.99 Å². The van der Waals surface area contributed by atoms with Gasteiger partial charge in [0.2, 0.25) is 5.96 Å². The Hall–Kier alpha value is -1.26. The Labute approximate surface area is 78.7 Å². The average Bonchev–Trinajstić information content (AvgIpc) is 2.03. The molecule has 74 valence electrons. The zero-order chi connectivity index (χ0) is 9.84. The molecule has 1 rings (SSSR count). The lowest BCUT2D eigenvalue weighted by Crippen LogP contribution is -2.45. The molecule has 0 saturated carbocycles. The van der Waals surface area contributed by atoms with Crippen molar-refractivity contribution in [1.29, 1.82) is 0 Å². The van der Waals surface area contributed by atoms with Crippen LogP contribution in [-0.2, 0) is 0 Å². The van der Waals surface area contributed by atoms with Crippen molar-refractivity contribution < 1.29 is 0 Å². The van der Waals surface area contributed by atoms with Crippen LogP contribution in [0.1, 0.15) is 19.8 Å². The summed E-state index contributed by atoms with van der Waals surface area (Å²) in [7, 11) is 3.81. The molecule has 5 heteroatoms. The van der Waals surface area contributed by atoms with E-state index in [9.17, 15) is 0 Å². The maximum atomic E-state index is 5.61. The van der Waals surface area contributed by atoms with E-state index in [0.29, 0.717) is 11.9 Å². The topological polar surface area (TPSA) is 66.0 Å². The number of nitrogens with one attached hydrogen (secondary N) is 1. The van der Waals surface area contributed by atoms with E-state index in [4.69, 9.17) is 5.73 Å². The Balaban J connectivity index is 2.70. The number of nitrogens with two attached hydrogens (primary N) is 1. The molecule has 1 unspecified atom stereocenters. The number of rotatable bonds is 2. The zero-order valence-corrected chi connectivity index (χ0v) is 8.41. The molecule has 0 fully saturated rings. The Morgan fingerprint density at radius 1 is 1.54 bits per heavy atom. The Morgan fingerprint density at radius 2 is 2.23 bits per heavy atom. The van der Waals surface area contributed by atoms with E-state index >= 15 is 0 Å². The third kappa shape index (κ3) is 2.61. The van der Waals surface area contributed by atoms with E-state index in [1.54, 1.807) is 0 Å². The molecule has 3 N–H and O–H groups in total. The van der Waals surface area contributed by atoms with Crippen LogP contribution >= 0.6 is 0 Å². The molecule has 0 aliphatic carbocycles. The fourth-order valence-corrected chi connectivity index (χ4v) is 1.14. The molecule has 1 aliphatic rings. The maximum absolute atomic E-state index is 5.61. The summed E-state index contributed by atoms with van der Waals surface area (Å²) in [4.78, 5) is 10.3. The van der Waals surface area contributed by atoms with Gasteiger partial charge in [0.1, 0.15) is 6.17 Å². The molecule has 1 heterocycles. The SMILES string of the molecule is CCCC1N=C(N(C)C)N=C(N)N1. The summed E-state index contributed by atoms with van der Waals surface area (Å²) in [6, 6.07) is 0. The molecule has 1 atom stereocenters. The van der Waals surface area contributed by atoms with Gasteiger partial charge in [0.15, 0.2) is 5.96 Å². The highest BCUT2D eigenvalue weighted by Gasteiger charge is 2.14. The predicted molar refractivity (Wildman–Crippen MR) is 54.6 cm³/mol. The number of nitrogens with zero attached hydrogens (tertiary/aromatic N) is 3. The molecular weight excluding hydrogens is 166 g/mol. The Bertz CT molecular complexity index is 231. The van der Waals surface area contributed by atoms with Crippen LogP contribution in [-0.4, -0.2) is 37.1 Å². The smallest absolute Gasteiger partial charge is 0.225 e. The van der Waals surface area contributed by atoms with E-state index in [2.05, 4.69) is 22.2 Å². The number of hydrogen-bond acceptors (Lipinski definition) is 5. The van der Waals surface area contributed by atoms with E-state index in [-0.39, 0.29) is 6.17 Å². The first-order valence-electron chi connectivity index (χ1n) is 4.49. The lowest BCUT2D eigenvalue weighted by atomic mass is 10.3. The van der Waals surface area contributed by atoms with Crippen molar-refractivity contribution in [2.75, 3.05) is 14.1 Å². The minimum Gasteiger partial charge on any atom is -0.370 e. The summed E-state index contributed by atoms with van der Waals surface area (Å²) in [6.45, 7) is 2.12. The molecule has 1 aliphatic heterocycles. The van der Waals surface area contributed by atoms with Crippen LogP contribution in [0.3, 0.4) is 0 Å². The van der Waals surface area contributed by atoms with Crippen molar-refractivity contribution in [1.82, 2.24) is 10.2 Å². The lowest BCUT2D eigenvalue weighted by molar-refractivity contribution is 0.531. The minimum absolute atomic E-state index is 0.0832. The lowest BCUT2D eigenvalue weighted by Gasteiger charge is -2.22. The second kappa shape index (κ2) is 4.11. The van der Waals surface area contributed by atoms with Crippen molar-refractivity contribution >= 4 is 11.9 Å². The summed E-state index contributed by atoms with van der Waals surface area (Å²) in [5.41, 5.74) is 5.61. The van der Waals surface area contributed by atoms with Gasteiger partial charge in [-0.3, -0.25) is 0 Å². The maximum Gasteiger partial charge on any atom is 0.225 e. The van der Waals surface area contributed by atoms with Gasteiger partial charge in [-0.2, -0.15) is 4.99 Å². The van der Waals surface area contributed by atoms with Crippen LogP contribution in [0.4, 0.5) is 0 Å². The van der Waals surface area contributed by atoms with Crippen molar-refractivity contribution in [2.45, 2.75) is 25.9 Å². The standard InChI is InChI=1S/C8H17N5/c1-4-5-6-10-7(9)12-8(11-6)13(2)3/h6H,4-5H2,1-3H3,(H3,9,10,11,12). The monoisotopic (exact) mass is 183 g/mol. The third-order valence-electron chi connectivity index (χ3n) is 1.77. The van der Waals surface area contributed by atoms with Gasteiger partial charge in [0.25, 0.3) is 0 Å². The fourth-order valence-electron chi connectivity index (χ4n) is 1.14. The molecule has 0 saturated heterocycles. The molecule has 5 nitrogen and oxygen atoms in total. The van der Waals surface area contributed by atoms with E-state index < -0.39 is 0 Å². The molecule has 0 bridgehead atoms. The van der Waals surface area contributed by atoms with Crippen LogP contribution in [0.2, 0.25) is 0 Å². The van der Waals surface area contributed by atoms with Crippen LogP contribution in [0.5, 0.6) is 0 Å². The normalized spacial score (nSPS) is 21.6. The Kier molecular flexibility index (Phi) is 3.11. The third-order valence-corrected chi connectivity index (χ3v) is 1.77. The molecular formula is C8H17N5. The molecule has 0 aromatic carbocycles. The first-order chi connectivity index (χ1) is 6.13. The van der Waals surface area contributed by atoms with Crippen LogP contribution in [0.15, 0.2) is 9.98 Å². The predicted octanol–water partition coefficient (Wildman–Crippen LogP) is -0.0519. The summed E-state index contributed by atoms with van der Waals surface area (Å²) in [6.07, 6.45) is 2.14. The van der Waals surface area contributed by atoms with Crippen molar-refractivity contribution in [2.24, 2.45) is 15.7 Å². The van der Waals surface area contributed by atoms with Gasteiger partial charge in [-0.1, -0.05) is 13.3 Å². The van der Waals surface area contributed by atoms with Gasteiger partial charge >= 0.3 is 0 Å². The molecule has 0 amide bonds. The highest BCUT2D eigenvalue weighted by molar-refractivity contribution is 5.95. The molecule has 0 aromatic rings. The van der Waals surface area contributed by atoms with Crippen molar-refractivity contribution in [3.8, 4) is 0 Å². The van der Waals surface area contributed by atoms with Crippen LogP contribution in [0.25, 0.3) is 0 Å². The highest BCUT2D eigenvalue weighted by atomic mass is 15.3. The number of hydrogen-bond donors (Lipinski definition) is 2. The van der Waals surface area contributed by atoms with Gasteiger partial charge in [-0.05, 0) is 6.42 Å². The minimum atomic E-state index is 0.0832. The van der Waals surface area contributed by atoms with Crippen LogP contribution in [0, 0.1) is 0 Å². The Morgan fingerprint density at radius 3 is 2.77 bits per heavy atom. The van der Waals surface area contributed by atoms with Gasteiger partial charge in [0, 0.05) is 14.1 Å². The number of aliphatic imine (C=N–C) groups is 2. The van der Waals surface area contributed by atoms with Gasteiger partial charge in [-0.15, -0.1) is 0 Å². The largest absolute Gasteiger partial charge is 0.370 e. The van der Waals surface area contributed by atoms with Crippen molar-refractivity contribution in [3.63, 3.8) is 0 Å². The highest BCUT2D eigenvalue weighted by Crippen LogP contribution is 2.03. The van der Waals surface area contributed by atoms with Gasteiger partial charge in [0.05, 0.1) is 0 Å². The first kappa shape index (κ1) is 9.83. The van der Waals surface area contributed by atoms with E-state index in [0.717, 1.165) is 12.8 Å². The second-order valence-electron chi connectivity index (χ2n) is 3.27. The average molecular weight is 183 g/mol. The van der Waals surface area contributed by atoms with Gasteiger partial charge < -0.3 is 16.0 Å². The quantitative estimate of drug-likeness (QED) is 0.630. The first-order valence-corrected chi connectivity index (χ1v) is 4.49. The summed E-state index contributed by atoms with van der Waals surface area (Å²) in [5.74, 6) is 1.15. The molecule has 0 aromatic heterocycles. The molecule has 0 radical (unpaired) electrons. The summed E-state index contributed by atoms with van der Waals surface area (Å²) >= 11 is 0. The zero-order valence-electron chi connectivity index (χ0n) is 8.41. The molecule has 0 spiro atoms. The van der Waals surface area contributed by atoms with E-state index in [1.807, 2.05) is 19.0 Å². The summed E-state index contributed by atoms with van der Waals surface area (Å²) in [5, 5.41) is 3.02.